The van der Waals surface area contributed by atoms with Crippen LogP contribution in [0, 0.1) is 11.8 Å². The van der Waals surface area contributed by atoms with E-state index >= 15 is 0 Å². The van der Waals surface area contributed by atoms with Gasteiger partial charge in [-0.25, -0.2) is 0 Å². The van der Waals surface area contributed by atoms with Gasteiger partial charge in [-0.3, -0.25) is 4.90 Å². The van der Waals surface area contributed by atoms with Crippen molar-refractivity contribution in [2.75, 3.05) is 13.1 Å². The van der Waals surface area contributed by atoms with Crippen molar-refractivity contribution in [1.29, 1.82) is 0 Å². The van der Waals surface area contributed by atoms with Crippen LogP contribution in [0.15, 0.2) is 0 Å². The molecule has 2 unspecified atom stereocenters. The van der Waals surface area contributed by atoms with Crippen LogP contribution in [0.3, 0.4) is 0 Å². The molecule has 0 aromatic heterocycles. The predicted octanol–water partition coefficient (Wildman–Crippen LogP) is 4.04. The summed E-state index contributed by atoms with van der Waals surface area (Å²) in [5.41, 5.74) is 6.16. The van der Waals surface area contributed by atoms with E-state index in [1.807, 2.05) is 0 Å². The molecule has 0 aromatic rings. The highest BCUT2D eigenvalue weighted by Gasteiger charge is 2.30. The Morgan fingerprint density at radius 3 is 2.26 bits per heavy atom. The normalized spacial score (nSPS) is 27.5. The zero-order valence-electron chi connectivity index (χ0n) is 13.7. The van der Waals surface area contributed by atoms with Crippen LogP contribution < -0.4 is 5.73 Å². The molecular formula is C17H36N2. The van der Waals surface area contributed by atoms with Crippen molar-refractivity contribution >= 4 is 0 Å². The van der Waals surface area contributed by atoms with Gasteiger partial charge in [0, 0.05) is 18.6 Å². The molecule has 1 saturated carbocycles. The third kappa shape index (κ3) is 5.07. The molecule has 0 amide bonds. The van der Waals surface area contributed by atoms with E-state index in [1.165, 1.54) is 51.5 Å². The molecule has 0 aliphatic heterocycles. The highest BCUT2D eigenvalue weighted by Crippen LogP contribution is 2.33. The summed E-state index contributed by atoms with van der Waals surface area (Å²) < 4.78 is 0. The van der Waals surface area contributed by atoms with Crippen molar-refractivity contribution in [3.8, 4) is 0 Å². The Morgan fingerprint density at radius 2 is 1.79 bits per heavy atom. The molecule has 114 valence electrons. The van der Waals surface area contributed by atoms with E-state index in [1.54, 1.807) is 0 Å². The van der Waals surface area contributed by atoms with Crippen molar-refractivity contribution in [1.82, 2.24) is 4.90 Å². The van der Waals surface area contributed by atoms with Gasteiger partial charge in [-0.05, 0) is 51.0 Å². The Bertz CT molecular complexity index is 221. The third-order valence-electron chi connectivity index (χ3n) is 5.20. The van der Waals surface area contributed by atoms with Crippen LogP contribution in [0.2, 0.25) is 0 Å². The maximum absolute atomic E-state index is 6.16. The van der Waals surface area contributed by atoms with E-state index in [9.17, 15) is 0 Å². The number of nitrogens with two attached hydrogens (primary N) is 1. The molecule has 0 radical (unpaired) electrons. The first-order valence-corrected chi connectivity index (χ1v) is 8.59. The minimum atomic E-state index is 0.619. The predicted molar refractivity (Wildman–Crippen MR) is 85.3 cm³/mol. The lowest BCUT2D eigenvalue weighted by molar-refractivity contribution is 0.0754. The van der Waals surface area contributed by atoms with Gasteiger partial charge < -0.3 is 5.73 Å². The van der Waals surface area contributed by atoms with E-state index in [-0.39, 0.29) is 0 Å². The highest BCUT2D eigenvalue weighted by atomic mass is 15.2. The molecule has 1 rings (SSSR count). The van der Waals surface area contributed by atoms with Gasteiger partial charge in [0.2, 0.25) is 0 Å². The molecule has 2 nitrogen and oxygen atoms in total. The first-order valence-electron chi connectivity index (χ1n) is 8.59. The topological polar surface area (TPSA) is 29.3 Å². The Hall–Kier alpha value is -0.0800. The fourth-order valence-electron chi connectivity index (χ4n) is 3.56. The molecule has 1 aliphatic carbocycles. The molecule has 0 spiro atoms. The Labute approximate surface area is 121 Å². The molecule has 1 aliphatic rings. The monoisotopic (exact) mass is 268 g/mol. The summed E-state index contributed by atoms with van der Waals surface area (Å²) in [6.45, 7) is 11.4. The molecule has 0 saturated heterocycles. The second-order valence-corrected chi connectivity index (χ2v) is 6.67. The lowest BCUT2D eigenvalue weighted by Gasteiger charge is -2.42. The summed E-state index contributed by atoms with van der Waals surface area (Å²) in [7, 11) is 0. The van der Waals surface area contributed by atoms with E-state index in [0.29, 0.717) is 12.1 Å². The van der Waals surface area contributed by atoms with Crippen molar-refractivity contribution in [3.05, 3.63) is 0 Å². The van der Waals surface area contributed by atoms with Gasteiger partial charge >= 0.3 is 0 Å². The second kappa shape index (κ2) is 8.97. The van der Waals surface area contributed by atoms with Crippen molar-refractivity contribution in [3.63, 3.8) is 0 Å². The molecular weight excluding hydrogens is 232 g/mol. The van der Waals surface area contributed by atoms with Crippen molar-refractivity contribution in [2.45, 2.75) is 84.7 Å². The quantitative estimate of drug-likeness (QED) is 0.720. The number of nitrogens with zero attached hydrogens (tertiary/aromatic N) is 1. The average Bonchev–Trinajstić information content (AvgIpc) is 2.44. The summed E-state index contributed by atoms with van der Waals surface area (Å²) >= 11 is 0. The van der Waals surface area contributed by atoms with Gasteiger partial charge in [0.25, 0.3) is 0 Å². The van der Waals surface area contributed by atoms with E-state index < -0.39 is 0 Å². The van der Waals surface area contributed by atoms with Gasteiger partial charge in [-0.2, -0.15) is 0 Å². The van der Waals surface area contributed by atoms with Crippen LogP contribution in [0.5, 0.6) is 0 Å². The lowest BCUT2D eigenvalue weighted by atomic mass is 9.78. The smallest absolute Gasteiger partial charge is 0.0249 e. The summed E-state index contributed by atoms with van der Waals surface area (Å²) in [5, 5.41) is 0. The van der Waals surface area contributed by atoms with Crippen LogP contribution in [0.25, 0.3) is 0 Å². The fourth-order valence-corrected chi connectivity index (χ4v) is 3.56. The molecule has 0 bridgehead atoms. The average molecular weight is 268 g/mol. The Kier molecular flexibility index (Phi) is 8.01. The van der Waals surface area contributed by atoms with Crippen LogP contribution in [0.4, 0.5) is 0 Å². The van der Waals surface area contributed by atoms with Gasteiger partial charge in [-0.15, -0.1) is 0 Å². The van der Waals surface area contributed by atoms with Crippen LogP contribution in [0.1, 0.15) is 72.6 Å². The van der Waals surface area contributed by atoms with Gasteiger partial charge in [0.1, 0.15) is 0 Å². The van der Waals surface area contributed by atoms with E-state index in [4.69, 9.17) is 5.73 Å². The van der Waals surface area contributed by atoms with Crippen LogP contribution in [-0.4, -0.2) is 30.1 Å². The molecule has 2 N–H and O–H groups in total. The first kappa shape index (κ1) is 17.0. The van der Waals surface area contributed by atoms with E-state index in [0.717, 1.165) is 18.4 Å². The first-order chi connectivity index (χ1) is 9.13. The zero-order chi connectivity index (χ0) is 14.3. The third-order valence-corrected chi connectivity index (χ3v) is 5.20. The number of unbranched alkanes of at least 4 members (excludes halogenated alkanes) is 1. The van der Waals surface area contributed by atoms with Crippen LogP contribution in [-0.2, 0) is 0 Å². The van der Waals surface area contributed by atoms with E-state index in [2.05, 4.69) is 32.6 Å². The minimum Gasteiger partial charge on any atom is -0.329 e. The van der Waals surface area contributed by atoms with Crippen molar-refractivity contribution in [2.24, 2.45) is 17.6 Å². The molecule has 1 fully saturated rings. The maximum Gasteiger partial charge on any atom is 0.0249 e. The fraction of sp³-hybridized carbons (Fsp3) is 1.00. The Balaban J connectivity index is 2.65. The molecule has 0 heterocycles. The SMILES string of the molecule is CCCCN(C(C)CC)C(CN)C1CCC(C)CC1. The largest absolute Gasteiger partial charge is 0.329 e. The minimum absolute atomic E-state index is 0.619. The highest BCUT2D eigenvalue weighted by molar-refractivity contribution is 4.86. The number of hydrogen-bond donors (Lipinski definition) is 1. The van der Waals surface area contributed by atoms with Crippen molar-refractivity contribution < 1.29 is 0 Å². The molecule has 0 aromatic carbocycles. The number of rotatable bonds is 8. The zero-order valence-corrected chi connectivity index (χ0v) is 13.7. The summed E-state index contributed by atoms with van der Waals surface area (Å²) in [6, 6.07) is 1.30. The Morgan fingerprint density at radius 1 is 1.16 bits per heavy atom. The summed E-state index contributed by atoms with van der Waals surface area (Å²) in [4.78, 5) is 2.73. The van der Waals surface area contributed by atoms with Gasteiger partial charge in [-0.1, -0.05) is 40.0 Å². The number of hydrogen-bond acceptors (Lipinski definition) is 2. The van der Waals surface area contributed by atoms with Crippen LogP contribution >= 0.6 is 0 Å². The van der Waals surface area contributed by atoms with Gasteiger partial charge in [0.05, 0.1) is 0 Å². The standard InChI is InChI=1S/C17H36N2/c1-5-7-12-19(15(4)6-2)17(13-18)16-10-8-14(3)9-11-16/h14-17H,5-13,18H2,1-4H3. The summed E-state index contributed by atoms with van der Waals surface area (Å²) in [6.07, 6.45) is 9.43. The maximum atomic E-state index is 6.16. The molecule has 2 atom stereocenters. The second-order valence-electron chi connectivity index (χ2n) is 6.67. The molecule has 2 heteroatoms. The van der Waals surface area contributed by atoms with Gasteiger partial charge in [0.15, 0.2) is 0 Å². The summed E-state index contributed by atoms with van der Waals surface area (Å²) in [5.74, 6) is 1.77. The lowest BCUT2D eigenvalue weighted by Crippen LogP contribution is -2.50. The molecule has 19 heavy (non-hydrogen) atoms.